The van der Waals surface area contributed by atoms with E-state index < -0.39 is 5.60 Å². The van der Waals surface area contributed by atoms with Crippen LogP contribution in [0.15, 0.2) is 22.9 Å². The number of carbonyl (C=O) groups excluding carboxylic acids is 1. The second-order valence-corrected chi connectivity index (χ2v) is 7.56. The molecule has 22 heavy (non-hydrogen) atoms. The van der Waals surface area contributed by atoms with Crippen molar-refractivity contribution in [3.05, 3.63) is 28.5 Å². The predicted octanol–water partition coefficient (Wildman–Crippen LogP) is 3.29. The van der Waals surface area contributed by atoms with Gasteiger partial charge in [-0.05, 0) is 61.3 Å². The third-order valence-electron chi connectivity index (χ3n) is 3.54. The maximum absolute atomic E-state index is 12.2. The van der Waals surface area contributed by atoms with Crippen molar-refractivity contribution in [3.8, 4) is 0 Å². The molecule has 0 saturated carbocycles. The molecule has 1 saturated heterocycles. The average molecular weight is 370 g/mol. The zero-order valence-corrected chi connectivity index (χ0v) is 15.3. The van der Waals surface area contributed by atoms with Gasteiger partial charge in [0, 0.05) is 38.4 Å². The van der Waals surface area contributed by atoms with Gasteiger partial charge in [-0.15, -0.1) is 0 Å². The number of piperazine rings is 1. The SMILES string of the molecule is CC1CN(Cc2ccnc(Br)c2)CCN1C(=O)OC(C)(C)C. The van der Waals surface area contributed by atoms with Crippen LogP contribution in [0.5, 0.6) is 0 Å². The summed E-state index contributed by atoms with van der Waals surface area (Å²) in [5.41, 5.74) is 0.775. The normalized spacial score (nSPS) is 20.0. The van der Waals surface area contributed by atoms with E-state index in [9.17, 15) is 4.79 Å². The molecule has 6 heteroatoms. The number of amides is 1. The van der Waals surface area contributed by atoms with Gasteiger partial charge in [0.1, 0.15) is 10.2 Å². The van der Waals surface area contributed by atoms with Crippen LogP contribution in [0.1, 0.15) is 33.3 Å². The van der Waals surface area contributed by atoms with E-state index in [1.165, 1.54) is 5.56 Å². The Labute approximate surface area is 140 Å². The van der Waals surface area contributed by atoms with Crippen molar-refractivity contribution in [3.63, 3.8) is 0 Å². The number of hydrogen-bond donors (Lipinski definition) is 0. The number of ether oxygens (including phenoxy) is 1. The minimum atomic E-state index is -0.447. The minimum absolute atomic E-state index is 0.147. The van der Waals surface area contributed by atoms with Crippen molar-refractivity contribution in [1.82, 2.24) is 14.8 Å². The molecular weight excluding hydrogens is 346 g/mol. The number of carbonyl (C=O) groups is 1. The molecule has 2 rings (SSSR count). The summed E-state index contributed by atoms with van der Waals surface area (Å²) in [5.74, 6) is 0. The van der Waals surface area contributed by atoms with Crippen molar-refractivity contribution >= 4 is 22.0 Å². The van der Waals surface area contributed by atoms with Crippen molar-refractivity contribution in [2.45, 2.75) is 45.9 Å². The number of rotatable bonds is 2. The summed E-state index contributed by atoms with van der Waals surface area (Å²) in [6.45, 7) is 11.0. The van der Waals surface area contributed by atoms with Gasteiger partial charge in [-0.25, -0.2) is 9.78 Å². The molecule has 1 aromatic rings. The lowest BCUT2D eigenvalue weighted by Gasteiger charge is -2.40. The predicted molar refractivity (Wildman–Crippen MR) is 89.6 cm³/mol. The summed E-state index contributed by atoms with van der Waals surface area (Å²) in [6.07, 6.45) is 1.59. The molecule has 1 fully saturated rings. The molecule has 2 heterocycles. The highest BCUT2D eigenvalue weighted by molar-refractivity contribution is 9.10. The van der Waals surface area contributed by atoms with Crippen molar-refractivity contribution in [2.24, 2.45) is 0 Å². The van der Waals surface area contributed by atoms with Gasteiger partial charge in [0.05, 0.1) is 0 Å². The average Bonchev–Trinajstić information content (AvgIpc) is 2.36. The van der Waals surface area contributed by atoms with Gasteiger partial charge < -0.3 is 9.64 Å². The third-order valence-corrected chi connectivity index (χ3v) is 3.97. The number of halogens is 1. The number of aromatic nitrogens is 1. The lowest BCUT2D eigenvalue weighted by atomic mass is 10.1. The molecule has 1 aliphatic heterocycles. The fraction of sp³-hybridized carbons (Fsp3) is 0.625. The maximum atomic E-state index is 12.2. The van der Waals surface area contributed by atoms with Gasteiger partial charge in [0.25, 0.3) is 0 Å². The van der Waals surface area contributed by atoms with Gasteiger partial charge in [-0.3, -0.25) is 4.90 Å². The molecule has 0 spiro atoms. The first-order valence-electron chi connectivity index (χ1n) is 7.57. The van der Waals surface area contributed by atoms with E-state index in [0.29, 0.717) is 6.54 Å². The lowest BCUT2D eigenvalue weighted by Crippen LogP contribution is -2.54. The van der Waals surface area contributed by atoms with Crippen molar-refractivity contribution < 1.29 is 9.53 Å². The van der Waals surface area contributed by atoms with Crippen LogP contribution in [0.2, 0.25) is 0 Å². The molecule has 122 valence electrons. The van der Waals surface area contributed by atoms with E-state index in [0.717, 1.165) is 24.2 Å². The summed E-state index contributed by atoms with van der Waals surface area (Å²) < 4.78 is 6.32. The van der Waals surface area contributed by atoms with Crippen LogP contribution >= 0.6 is 15.9 Å². The van der Waals surface area contributed by atoms with E-state index in [4.69, 9.17) is 4.74 Å². The first-order chi connectivity index (χ1) is 10.2. The van der Waals surface area contributed by atoms with Gasteiger partial charge in [-0.2, -0.15) is 0 Å². The molecule has 0 aliphatic carbocycles. The van der Waals surface area contributed by atoms with Crippen LogP contribution in [0, 0.1) is 0 Å². The molecule has 1 amide bonds. The Bertz CT molecular complexity index is 530. The smallest absolute Gasteiger partial charge is 0.410 e. The van der Waals surface area contributed by atoms with E-state index in [1.54, 1.807) is 6.20 Å². The Morgan fingerprint density at radius 3 is 2.77 bits per heavy atom. The van der Waals surface area contributed by atoms with Crippen LogP contribution < -0.4 is 0 Å². The quantitative estimate of drug-likeness (QED) is 0.750. The van der Waals surface area contributed by atoms with Crippen molar-refractivity contribution in [1.29, 1.82) is 0 Å². The molecule has 0 bridgehead atoms. The fourth-order valence-corrected chi connectivity index (χ4v) is 2.98. The first-order valence-corrected chi connectivity index (χ1v) is 8.36. The zero-order chi connectivity index (χ0) is 16.3. The fourth-order valence-electron chi connectivity index (χ4n) is 2.57. The summed E-state index contributed by atoms with van der Waals surface area (Å²) in [5, 5.41) is 0. The van der Waals surface area contributed by atoms with E-state index in [2.05, 4.69) is 32.7 Å². The molecular formula is C16H24BrN3O2. The second-order valence-electron chi connectivity index (χ2n) is 6.74. The zero-order valence-electron chi connectivity index (χ0n) is 13.7. The molecule has 1 aromatic heterocycles. The molecule has 1 atom stereocenters. The van der Waals surface area contributed by atoms with E-state index in [1.807, 2.05) is 37.8 Å². The Balaban J connectivity index is 1.91. The summed E-state index contributed by atoms with van der Waals surface area (Å²) >= 11 is 3.40. The highest BCUT2D eigenvalue weighted by atomic mass is 79.9. The Hall–Kier alpha value is -1.14. The molecule has 0 radical (unpaired) electrons. The Morgan fingerprint density at radius 2 is 2.18 bits per heavy atom. The highest BCUT2D eigenvalue weighted by Crippen LogP contribution is 2.18. The summed E-state index contributed by atoms with van der Waals surface area (Å²) in [4.78, 5) is 20.5. The third kappa shape index (κ3) is 4.95. The van der Waals surface area contributed by atoms with E-state index >= 15 is 0 Å². The van der Waals surface area contributed by atoms with Gasteiger partial charge in [0.15, 0.2) is 0 Å². The molecule has 0 aromatic carbocycles. The largest absolute Gasteiger partial charge is 0.444 e. The summed E-state index contributed by atoms with van der Waals surface area (Å²) in [6, 6.07) is 4.20. The number of hydrogen-bond acceptors (Lipinski definition) is 4. The standard InChI is InChI=1S/C16H24BrN3O2/c1-12-10-19(11-13-5-6-18-14(17)9-13)7-8-20(12)15(21)22-16(2,3)4/h5-6,9,12H,7-8,10-11H2,1-4H3. The molecule has 1 aliphatic rings. The monoisotopic (exact) mass is 369 g/mol. The number of nitrogens with zero attached hydrogens (tertiary/aromatic N) is 3. The van der Waals surface area contributed by atoms with Crippen molar-refractivity contribution in [2.75, 3.05) is 19.6 Å². The maximum Gasteiger partial charge on any atom is 0.410 e. The summed E-state index contributed by atoms with van der Waals surface area (Å²) in [7, 11) is 0. The van der Waals surface area contributed by atoms with E-state index in [-0.39, 0.29) is 12.1 Å². The van der Waals surface area contributed by atoms with Crippen LogP contribution in [0.4, 0.5) is 4.79 Å². The van der Waals surface area contributed by atoms with Crippen LogP contribution in [-0.4, -0.2) is 52.2 Å². The first kappa shape index (κ1) is 17.2. The van der Waals surface area contributed by atoms with Crippen LogP contribution in [0.25, 0.3) is 0 Å². The van der Waals surface area contributed by atoms with Gasteiger partial charge in [0.2, 0.25) is 0 Å². The topological polar surface area (TPSA) is 45.7 Å². The Kier molecular flexibility index (Phi) is 5.45. The minimum Gasteiger partial charge on any atom is -0.444 e. The van der Waals surface area contributed by atoms with Gasteiger partial charge in [-0.1, -0.05) is 0 Å². The highest BCUT2D eigenvalue weighted by Gasteiger charge is 2.30. The molecule has 0 N–H and O–H groups in total. The molecule has 1 unspecified atom stereocenters. The molecule has 5 nitrogen and oxygen atoms in total. The second kappa shape index (κ2) is 6.96. The van der Waals surface area contributed by atoms with Crippen LogP contribution in [0.3, 0.4) is 0 Å². The number of pyridine rings is 1. The lowest BCUT2D eigenvalue weighted by molar-refractivity contribution is 0.000560. The van der Waals surface area contributed by atoms with Gasteiger partial charge >= 0.3 is 6.09 Å². The van der Waals surface area contributed by atoms with Crippen LogP contribution in [-0.2, 0) is 11.3 Å². The Morgan fingerprint density at radius 1 is 1.45 bits per heavy atom.